The first kappa shape index (κ1) is 14.5. The van der Waals surface area contributed by atoms with E-state index in [1.807, 2.05) is 13.0 Å². The van der Waals surface area contributed by atoms with Gasteiger partial charge in [0, 0.05) is 5.41 Å². The number of phenolic OH excluding ortho intramolecular Hbond substituents is 1. The molecule has 0 radical (unpaired) electrons. The fraction of sp³-hybridized carbons (Fsp3) is 0.684. The molecule has 0 amide bonds. The zero-order chi connectivity index (χ0) is 15.7. The number of aryl methyl sites for hydroxylation is 1. The van der Waals surface area contributed by atoms with Gasteiger partial charge in [0.1, 0.15) is 5.75 Å². The maximum atomic E-state index is 10.9. The molecule has 3 N–H and O–H groups in total. The maximum absolute atomic E-state index is 10.9. The van der Waals surface area contributed by atoms with Gasteiger partial charge in [-0.05, 0) is 80.0 Å². The molecule has 0 aromatic heterocycles. The van der Waals surface area contributed by atoms with Crippen LogP contribution in [0.4, 0.5) is 0 Å². The normalized spacial score (nSPS) is 46.7. The molecule has 0 bridgehead atoms. The van der Waals surface area contributed by atoms with Crippen LogP contribution in [0.15, 0.2) is 18.2 Å². The minimum absolute atomic E-state index is 0.179. The molecule has 3 aliphatic rings. The van der Waals surface area contributed by atoms with Crippen LogP contribution in [-0.4, -0.2) is 27.0 Å². The topological polar surface area (TPSA) is 60.7 Å². The molecule has 6 atom stereocenters. The summed E-state index contributed by atoms with van der Waals surface area (Å²) in [4.78, 5) is 0. The lowest BCUT2D eigenvalue weighted by molar-refractivity contribution is -0.128. The SMILES string of the molecule is C[C@]12CCC3c4ccc(O)cc4CCC3C1C[C@@H](O)[C@]2(C)O. The first-order valence-corrected chi connectivity index (χ1v) is 8.57. The highest BCUT2D eigenvalue weighted by Crippen LogP contribution is 2.64. The van der Waals surface area contributed by atoms with Crippen molar-refractivity contribution in [3.05, 3.63) is 29.3 Å². The van der Waals surface area contributed by atoms with Crippen LogP contribution in [0.25, 0.3) is 0 Å². The Bertz CT molecular complexity index is 609. The van der Waals surface area contributed by atoms with Crippen molar-refractivity contribution in [2.45, 2.75) is 63.6 Å². The molecule has 1 aromatic carbocycles. The molecule has 3 aliphatic carbocycles. The fourth-order valence-corrected chi connectivity index (χ4v) is 5.80. The number of aliphatic hydroxyl groups is 2. The zero-order valence-electron chi connectivity index (χ0n) is 13.4. The Balaban J connectivity index is 1.73. The van der Waals surface area contributed by atoms with Crippen molar-refractivity contribution in [1.29, 1.82) is 0 Å². The van der Waals surface area contributed by atoms with Gasteiger partial charge in [-0.15, -0.1) is 0 Å². The van der Waals surface area contributed by atoms with Crippen LogP contribution >= 0.6 is 0 Å². The summed E-state index contributed by atoms with van der Waals surface area (Å²) < 4.78 is 0. The van der Waals surface area contributed by atoms with E-state index in [1.165, 1.54) is 11.1 Å². The van der Waals surface area contributed by atoms with Gasteiger partial charge in [-0.3, -0.25) is 0 Å². The number of rotatable bonds is 0. The summed E-state index contributed by atoms with van der Waals surface area (Å²) in [6.07, 6.45) is 4.24. The number of hydrogen-bond acceptors (Lipinski definition) is 3. The second-order valence-corrected chi connectivity index (χ2v) is 8.15. The van der Waals surface area contributed by atoms with Gasteiger partial charge in [-0.25, -0.2) is 0 Å². The third-order valence-corrected chi connectivity index (χ3v) is 7.38. The van der Waals surface area contributed by atoms with E-state index in [0.717, 1.165) is 32.1 Å². The molecule has 2 fully saturated rings. The van der Waals surface area contributed by atoms with Crippen molar-refractivity contribution < 1.29 is 15.3 Å². The first-order chi connectivity index (χ1) is 10.3. The summed E-state index contributed by atoms with van der Waals surface area (Å²) in [7, 11) is 0. The van der Waals surface area contributed by atoms with Crippen molar-refractivity contribution in [3.63, 3.8) is 0 Å². The quantitative estimate of drug-likeness (QED) is 0.690. The van der Waals surface area contributed by atoms with E-state index in [9.17, 15) is 15.3 Å². The van der Waals surface area contributed by atoms with Gasteiger partial charge in [0.2, 0.25) is 0 Å². The standard InChI is InChI=1S/C19H26O3/c1-18-8-7-14-13-6-4-12(20)9-11(13)3-5-15(14)16(18)10-17(21)19(18,2)22/h4,6,9,14-17,20-22H,3,5,7-8,10H2,1-2H3/t14?,15?,16?,17-,18+,19+/m1/s1. The van der Waals surface area contributed by atoms with E-state index in [4.69, 9.17) is 0 Å². The van der Waals surface area contributed by atoms with E-state index < -0.39 is 11.7 Å². The molecular formula is C19H26O3. The lowest BCUT2D eigenvalue weighted by atomic mass is 9.53. The first-order valence-electron chi connectivity index (χ1n) is 8.57. The molecule has 22 heavy (non-hydrogen) atoms. The second kappa shape index (κ2) is 4.48. The summed E-state index contributed by atoms with van der Waals surface area (Å²) in [5.41, 5.74) is 1.52. The van der Waals surface area contributed by atoms with Gasteiger partial charge in [0.05, 0.1) is 11.7 Å². The molecule has 2 saturated carbocycles. The average molecular weight is 302 g/mol. The van der Waals surface area contributed by atoms with Crippen molar-refractivity contribution >= 4 is 0 Å². The van der Waals surface area contributed by atoms with Crippen LogP contribution in [0.2, 0.25) is 0 Å². The molecular weight excluding hydrogens is 276 g/mol. The van der Waals surface area contributed by atoms with E-state index in [2.05, 4.69) is 13.0 Å². The Morgan fingerprint density at radius 3 is 2.73 bits per heavy atom. The molecule has 0 heterocycles. The van der Waals surface area contributed by atoms with Crippen molar-refractivity contribution in [2.75, 3.05) is 0 Å². The van der Waals surface area contributed by atoms with Crippen LogP contribution in [0, 0.1) is 17.3 Å². The number of aromatic hydroxyl groups is 1. The Labute approximate surface area is 132 Å². The smallest absolute Gasteiger partial charge is 0.115 e. The third kappa shape index (κ3) is 1.70. The highest BCUT2D eigenvalue weighted by Gasteiger charge is 2.63. The Morgan fingerprint density at radius 2 is 1.95 bits per heavy atom. The van der Waals surface area contributed by atoms with Gasteiger partial charge in [0.25, 0.3) is 0 Å². The van der Waals surface area contributed by atoms with E-state index in [-0.39, 0.29) is 5.41 Å². The maximum Gasteiger partial charge on any atom is 0.115 e. The average Bonchev–Trinajstić information content (AvgIpc) is 2.66. The summed E-state index contributed by atoms with van der Waals surface area (Å²) in [5, 5.41) is 31.0. The molecule has 0 aliphatic heterocycles. The van der Waals surface area contributed by atoms with E-state index >= 15 is 0 Å². The third-order valence-electron chi connectivity index (χ3n) is 7.38. The zero-order valence-corrected chi connectivity index (χ0v) is 13.4. The Morgan fingerprint density at radius 1 is 1.18 bits per heavy atom. The van der Waals surface area contributed by atoms with Crippen molar-refractivity contribution in [2.24, 2.45) is 17.3 Å². The summed E-state index contributed by atoms with van der Waals surface area (Å²) in [6.45, 7) is 4.00. The number of benzene rings is 1. The molecule has 120 valence electrons. The fourth-order valence-electron chi connectivity index (χ4n) is 5.80. The largest absolute Gasteiger partial charge is 0.508 e. The molecule has 0 saturated heterocycles. The lowest BCUT2D eigenvalue weighted by Crippen LogP contribution is -2.52. The van der Waals surface area contributed by atoms with Crippen LogP contribution in [-0.2, 0) is 6.42 Å². The highest BCUT2D eigenvalue weighted by atomic mass is 16.3. The molecule has 1 aromatic rings. The van der Waals surface area contributed by atoms with Gasteiger partial charge >= 0.3 is 0 Å². The summed E-state index contributed by atoms with van der Waals surface area (Å²) in [5.74, 6) is 1.80. The van der Waals surface area contributed by atoms with Crippen LogP contribution in [0.5, 0.6) is 5.75 Å². The molecule has 4 rings (SSSR count). The number of hydrogen-bond donors (Lipinski definition) is 3. The predicted octanol–water partition coefficient (Wildman–Crippen LogP) is 2.97. The minimum atomic E-state index is -0.974. The predicted molar refractivity (Wildman–Crippen MR) is 84.7 cm³/mol. The van der Waals surface area contributed by atoms with E-state index in [0.29, 0.717) is 23.5 Å². The number of fused-ring (bicyclic) bond motifs is 5. The van der Waals surface area contributed by atoms with E-state index in [1.54, 1.807) is 6.07 Å². The van der Waals surface area contributed by atoms with Gasteiger partial charge in [0.15, 0.2) is 0 Å². The molecule has 3 unspecified atom stereocenters. The summed E-state index contributed by atoms with van der Waals surface area (Å²) in [6, 6.07) is 5.81. The molecule has 0 spiro atoms. The van der Waals surface area contributed by atoms with Gasteiger partial charge in [-0.2, -0.15) is 0 Å². The lowest BCUT2D eigenvalue weighted by Gasteiger charge is -2.52. The minimum Gasteiger partial charge on any atom is -0.508 e. The van der Waals surface area contributed by atoms with Crippen molar-refractivity contribution in [1.82, 2.24) is 0 Å². The Kier molecular flexibility index (Phi) is 2.96. The second-order valence-electron chi connectivity index (χ2n) is 8.15. The van der Waals surface area contributed by atoms with Gasteiger partial charge < -0.3 is 15.3 Å². The van der Waals surface area contributed by atoms with Crippen molar-refractivity contribution in [3.8, 4) is 5.75 Å². The summed E-state index contributed by atoms with van der Waals surface area (Å²) >= 11 is 0. The monoisotopic (exact) mass is 302 g/mol. The highest BCUT2D eigenvalue weighted by molar-refractivity contribution is 5.40. The van der Waals surface area contributed by atoms with Crippen LogP contribution in [0.3, 0.4) is 0 Å². The molecule has 3 nitrogen and oxygen atoms in total. The molecule has 3 heteroatoms. The Hall–Kier alpha value is -1.06. The van der Waals surface area contributed by atoms with Crippen LogP contribution < -0.4 is 0 Å². The van der Waals surface area contributed by atoms with Gasteiger partial charge in [-0.1, -0.05) is 13.0 Å². The number of aliphatic hydroxyl groups excluding tert-OH is 1. The number of phenols is 1. The van der Waals surface area contributed by atoms with Crippen LogP contribution in [0.1, 0.15) is 56.6 Å².